The summed E-state index contributed by atoms with van der Waals surface area (Å²) in [5.41, 5.74) is 3.96. The van der Waals surface area contributed by atoms with Gasteiger partial charge in [0.15, 0.2) is 0 Å². The van der Waals surface area contributed by atoms with Crippen LogP contribution in [0, 0.1) is 20.8 Å². The van der Waals surface area contributed by atoms with E-state index in [1.54, 1.807) is 0 Å². The van der Waals surface area contributed by atoms with E-state index in [1.807, 2.05) is 7.05 Å². The Bertz CT molecular complexity index is 421. The molecule has 0 amide bonds. The molecule has 0 unspecified atom stereocenters. The standard InChI is InChI=1S/C16H25NO/c1-12-6-7-13(2)15(14(12)3)18-16(8-5-9-16)10-11-17-4/h6-7,17H,5,8-11H2,1-4H3. The lowest BCUT2D eigenvalue weighted by atomic mass is 9.77. The molecule has 0 spiro atoms. The Morgan fingerprint density at radius 2 is 1.83 bits per heavy atom. The van der Waals surface area contributed by atoms with Gasteiger partial charge in [0.25, 0.3) is 0 Å². The molecular formula is C16H25NO. The first-order valence-corrected chi connectivity index (χ1v) is 6.98. The van der Waals surface area contributed by atoms with Crippen LogP contribution in [0.25, 0.3) is 0 Å². The second-order valence-corrected chi connectivity index (χ2v) is 5.65. The van der Waals surface area contributed by atoms with Crippen molar-refractivity contribution < 1.29 is 4.74 Å². The van der Waals surface area contributed by atoms with Crippen molar-refractivity contribution in [3.63, 3.8) is 0 Å². The molecule has 0 aliphatic heterocycles. The van der Waals surface area contributed by atoms with Crippen LogP contribution < -0.4 is 10.1 Å². The lowest BCUT2D eigenvalue weighted by molar-refractivity contribution is -0.0150. The molecule has 1 aliphatic carbocycles. The van der Waals surface area contributed by atoms with E-state index in [0.29, 0.717) is 0 Å². The van der Waals surface area contributed by atoms with Gasteiger partial charge in [-0.3, -0.25) is 0 Å². The zero-order chi connectivity index (χ0) is 13.2. The summed E-state index contributed by atoms with van der Waals surface area (Å²) < 4.78 is 6.44. The van der Waals surface area contributed by atoms with Crippen LogP contribution >= 0.6 is 0 Å². The van der Waals surface area contributed by atoms with Crippen LogP contribution in [0.1, 0.15) is 42.4 Å². The highest BCUT2D eigenvalue weighted by molar-refractivity contribution is 5.45. The van der Waals surface area contributed by atoms with Gasteiger partial charge in [-0.2, -0.15) is 0 Å². The minimum Gasteiger partial charge on any atom is -0.487 e. The molecule has 2 rings (SSSR count). The van der Waals surface area contributed by atoms with Gasteiger partial charge in [0.1, 0.15) is 11.4 Å². The van der Waals surface area contributed by atoms with E-state index in [4.69, 9.17) is 4.74 Å². The molecule has 1 aliphatic rings. The van der Waals surface area contributed by atoms with Crippen molar-refractivity contribution >= 4 is 0 Å². The highest BCUT2D eigenvalue weighted by atomic mass is 16.5. The first kappa shape index (κ1) is 13.4. The van der Waals surface area contributed by atoms with Gasteiger partial charge in [0, 0.05) is 0 Å². The first-order valence-electron chi connectivity index (χ1n) is 6.98. The highest BCUT2D eigenvalue weighted by Gasteiger charge is 2.39. The first-order chi connectivity index (χ1) is 8.58. The summed E-state index contributed by atoms with van der Waals surface area (Å²) in [6.07, 6.45) is 4.80. The SMILES string of the molecule is CNCCC1(Oc2c(C)ccc(C)c2C)CCC1. The summed E-state index contributed by atoms with van der Waals surface area (Å²) in [6, 6.07) is 4.35. The third kappa shape index (κ3) is 2.54. The van der Waals surface area contributed by atoms with Crippen LogP contribution in [0.5, 0.6) is 5.75 Å². The summed E-state index contributed by atoms with van der Waals surface area (Å²) in [7, 11) is 2.01. The molecule has 100 valence electrons. The predicted octanol–water partition coefficient (Wildman–Crippen LogP) is 3.52. The molecule has 1 N–H and O–H groups in total. The van der Waals surface area contributed by atoms with E-state index in [0.717, 1.165) is 18.7 Å². The third-order valence-corrected chi connectivity index (χ3v) is 4.29. The fourth-order valence-electron chi connectivity index (χ4n) is 2.63. The van der Waals surface area contributed by atoms with Crippen molar-refractivity contribution in [2.24, 2.45) is 0 Å². The lowest BCUT2D eigenvalue weighted by Crippen LogP contribution is -2.45. The van der Waals surface area contributed by atoms with Crippen molar-refractivity contribution in [3.05, 3.63) is 28.8 Å². The normalized spacial score (nSPS) is 17.3. The fraction of sp³-hybridized carbons (Fsp3) is 0.625. The number of ether oxygens (including phenoxy) is 1. The van der Waals surface area contributed by atoms with Crippen LogP contribution in [0.3, 0.4) is 0 Å². The number of hydrogen-bond acceptors (Lipinski definition) is 2. The van der Waals surface area contributed by atoms with E-state index >= 15 is 0 Å². The van der Waals surface area contributed by atoms with E-state index < -0.39 is 0 Å². The smallest absolute Gasteiger partial charge is 0.126 e. The van der Waals surface area contributed by atoms with Gasteiger partial charge in [-0.15, -0.1) is 0 Å². The van der Waals surface area contributed by atoms with Gasteiger partial charge in [-0.05, 0) is 76.7 Å². The Balaban J connectivity index is 2.19. The maximum Gasteiger partial charge on any atom is 0.126 e. The van der Waals surface area contributed by atoms with Gasteiger partial charge in [0.05, 0.1) is 0 Å². The van der Waals surface area contributed by atoms with Crippen molar-refractivity contribution in [1.82, 2.24) is 5.32 Å². The summed E-state index contributed by atoms with van der Waals surface area (Å²) in [6.45, 7) is 7.50. The molecule has 2 nitrogen and oxygen atoms in total. The summed E-state index contributed by atoms with van der Waals surface area (Å²) in [5.74, 6) is 1.12. The minimum absolute atomic E-state index is 0.0896. The Morgan fingerprint density at radius 3 is 2.39 bits per heavy atom. The van der Waals surface area contributed by atoms with Crippen LogP contribution in [-0.2, 0) is 0 Å². The Kier molecular flexibility index (Phi) is 3.96. The van der Waals surface area contributed by atoms with Crippen molar-refractivity contribution in [3.8, 4) is 5.75 Å². The zero-order valence-corrected chi connectivity index (χ0v) is 12.1. The largest absolute Gasteiger partial charge is 0.487 e. The van der Waals surface area contributed by atoms with Crippen molar-refractivity contribution in [2.45, 2.75) is 52.1 Å². The third-order valence-electron chi connectivity index (χ3n) is 4.29. The highest BCUT2D eigenvalue weighted by Crippen LogP contribution is 2.41. The van der Waals surface area contributed by atoms with Gasteiger partial charge < -0.3 is 10.1 Å². The molecule has 1 aromatic carbocycles. The average molecular weight is 247 g/mol. The zero-order valence-electron chi connectivity index (χ0n) is 12.1. The number of aryl methyl sites for hydroxylation is 2. The molecule has 0 heterocycles. The average Bonchev–Trinajstić information content (AvgIpc) is 2.31. The minimum atomic E-state index is 0.0896. The molecule has 0 atom stereocenters. The van der Waals surface area contributed by atoms with E-state index in [2.05, 4.69) is 38.2 Å². The van der Waals surface area contributed by atoms with Crippen LogP contribution in [0.15, 0.2) is 12.1 Å². The second-order valence-electron chi connectivity index (χ2n) is 5.65. The molecule has 0 saturated heterocycles. The van der Waals surface area contributed by atoms with Crippen molar-refractivity contribution in [1.29, 1.82) is 0 Å². The van der Waals surface area contributed by atoms with Gasteiger partial charge in [0.2, 0.25) is 0 Å². The molecule has 18 heavy (non-hydrogen) atoms. The maximum atomic E-state index is 6.44. The summed E-state index contributed by atoms with van der Waals surface area (Å²) >= 11 is 0. The van der Waals surface area contributed by atoms with Crippen LogP contribution in [0.2, 0.25) is 0 Å². The lowest BCUT2D eigenvalue weighted by Gasteiger charge is -2.43. The number of hydrogen-bond donors (Lipinski definition) is 1. The van der Waals surface area contributed by atoms with Gasteiger partial charge in [-0.25, -0.2) is 0 Å². The quantitative estimate of drug-likeness (QED) is 0.859. The summed E-state index contributed by atoms with van der Waals surface area (Å²) in [4.78, 5) is 0. The van der Waals surface area contributed by atoms with Crippen LogP contribution in [-0.4, -0.2) is 19.2 Å². The van der Waals surface area contributed by atoms with E-state index in [9.17, 15) is 0 Å². The molecule has 0 bridgehead atoms. The Labute approximate surface area is 111 Å². The molecular weight excluding hydrogens is 222 g/mol. The molecule has 0 aromatic heterocycles. The monoisotopic (exact) mass is 247 g/mol. The van der Waals surface area contributed by atoms with E-state index in [1.165, 1.54) is 36.0 Å². The molecule has 1 aromatic rings. The maximum absolute atomic E-state index is 6.44. The number of rotatable bonds is 5. The topological polar surface area (TPSA) is 21.3 Å². The Hall–Kier alpha value is -1.02. The van der Waals surface area contributed by atoms with Gasteiger partial charge in [-0.1, -0.05) is 12.1 Å². The Morgan fingerprint density at radius 1 is 1.17 bits per heavy atom. The van der Waals surface area contributed by atoms with E-state index in [-0.39, 0.29) is 5.60 Å². The fourth-order valence-corrected chi connectivity index (χ4v) is 2.63. The van der Waals surface area contributed by atoms with Crippen molar-refractivity contribution in [2.75, 3.05) is 13.6 Å². The summed E-state index contributed by atoms with van der Waals surface area (Å²) in [5, 5.41) is 3.24. The number of benzene rings is 1. The van der Waals surface area contributed by atoms with Gasteiger partial charge >= 0.3 is 0 Å². The number of nitrogens with one attached hydrogen (secondary N) is 1. The second kappa shape index (κ2) is 5.31. The molecule has 1 fully saturated rings. The molecule has 0 radical (unpaired) electrons. The molecule has 2 heteroatoms. The molecule has 1 saturated carbocycles. The predicted molar refractivity (Wildman–Crippen MR) is 76.4 cm³/mol. The van der Waals surface area contributed by atoms with Crippen LogP contribution in [0.4, 0.5) is 0 Å².